The van der Waals surface area contributed by atoms with E-state index in [1.165, 1.54) is 10.8 Å². The third-order valence-corrected chi connectivity index (χ3v) is 2.44. The molecule has 1 aromatic carbocycles. The first-order valence-electron chi connectivity index (χ1n) is 4.95. The van der Waals surface area contributed by atoms with Crippen LogP contribution in [-0.2, 0) is 0 Å². The molecule has 0 radical (unpaired) electrons. The molecule has 1 aromatic heterocycles. The zero-order valence-corrected chi connectivity index (χ0v) is 9.10. The molecular formula is C12H9N3O2. The molecule has 0 bridgehead atoms. The number of aromatic amines is 1. The van der Waals surface area contributed by atoms with Gasteiger partial charge in [-0.3, -0.25) is 14.3 Å². The van der Waals surface area contributed by atoms with Gasteiger partial charge in [0.1, 0.15) is 11.6 Å². The van der Waals surface area contributed by atoms with Crippen LogP contribution in [0.5, 0.6) is 0 Å². The van der Waals surface area contributed by atoms with E-state index in [1.54, 1.807) is 18.2 Å². The van der Waals surface area contributed by atoms with Gasteiger partial charge in [-0.1, -0.05) is 18.2 Å². The zero-order chi connectivity index (χ0) is 12.4. The normalized spacial score (nSPS) is 9.88. The number of rotatable bonds is 1. The van der Waals surface area contributed by atoms with Crippen LogP contribution >= 0.6 is 0 Å². The topological polar surface area (TPSA) is 78.7 Å². The van der Waals surface area contributed by atoms with Crippen LogP contribution in [0.25, 0.3) is 5.69 Å². The summed E-state index contributed by atoms with van der Waals surface area (Å²) in [5.41, 5.74) is 0.217. The Balaban J connectivity index is 2.78. The van der Waals surface area contributed by atoms with Gasteiger partial charge in [-0.15, -0.1) is 0 Å². The monoisotopic (exact) mass is 227 g/mol. The molecule has 0 saturated carbocycles. The summed E-state index contributed by atoms with van der Waals surface area (Å²) in [5, 5.41) is 8.76. The Labute approximate surface area is 96.6 Å². The van der Waals surface area contributed by atoms with Crippen molar-refractivity contribution in [3.05, 3.63) is 62.4 Å². The first-order valence-corrected chi connectivity index (χ1v) is 4.95. The fraction of sp³-hybridized carbons (Fsp3) is 0.0833. The molecule has 0 atom stereocenters. The molecule has 0 saturated heterocycles. The van der Waals surface area contributed by atoms with Crippen molar-refractivity contribution in [2.75, 3.05) is 0 Å². The number of H-pyrrole nitrogens is 1. The molecule has 2 aromatic rings. The van der Waals surface area contributed by atoms with Crippen LogP contribution in [0.2, 0.25) is 0 Å². The molecule has 0 aliphatic carbocycles. The van der Waals surface area contributed by atoms with Gasteiger partial charge < -0.3 is 0 Å². The number of benzene rings is 1. The second kappa shape index (κ2) is 4.10. The Hall–Kier alpha value is -2.61. The van der Waals surface area contributed by atoms with Crippen LogP contribution in [0.1, 0.15) is 11.1 Å². The Morgan fingerprint density at radius 1 is 1.29 bits per heavy atom. The summed E-state index contributed by atoms with van der Waals surface area (Å²) in [6.45, 7) is 1.85. The Morgan fingerprint density at radius 2 is 2.00 bits per heavy atom. The van der Waals surface area contributed by atoms with Crippen molar-refractivity contribution in [3.63, 3.8) is 0 Å². The van der Waals surface area contributed by atoms with Crippen molar-refractivity contribution in [3.8, 4) is 11.8 Å². The van der Waals surface area contributed by atoms with Crippen LogP contribution in [0.4, 0.5) is 0 Å². The lowest BCUT2D eigenvalue weighted by atomic mass is 10.2. The van der Waals surface area contributed by atoms with E-state index in [4.69, 9.17) is 5.26 Å². The average Bonchev–Trinajstić information content (AvgIpc) is 2.31. The lowest BCUT2D eigenvalue weighted by Crippen LogP contribution is -2.30. The third-order valence-electron chi connectivity index (χ3n) is 2.44. The van der Waals surface area contributed by atoms with E-state index in [0.717, 1.165) is 5.56 Å². The maximum Gasteiger partial charge on any atom is 0.332 e. The molecule has 84 valence electrons. The first-order chi connectivity index (χ1) is 8.13. The predicted molar refractivity (Wildman–Crippen MR) is 62.1 cm³/mol. The van der Waals surface area contributed by atoms with Crippen LogP contribution < -0.4 is 11.2 Å². The highest BCUT2D eigenvalue weighted by Gasteiger charge is 2.06. The Bertz CT molecular complexity index is 720. The minimum Gasteiger partial charge on any atom is -0.273 e. The first kappa shape index (κ1) is 10.9. The van der Waals surface area contributed by atoms with Gasteiger partial charge in [0, 0.05) is 6.20 Å². The molecule has 5 nitrogen and oxygen atoms in total. The van der Waals surface area contributed by atoms with Crippen LogP contribution in [0.15, 0.2) is 40.1 Å². The minimum absolute atomic E-state index is 0.0900. The predicted octanol–water partition coefficient (Wildman–Crippen LogP) is 0.706. The maximum absolute atomic E-state index is 11.7. The second-order valence-electron chi connectivity index (χ2n) is 3.57. The summed E-state index contributed by atoms with van der Waals surface area (Å²) < 4.78 is 1.26. The van der Waals surface area contributed by atoms with Gasteiger partial charge >= 0.3 is 5.69 Å². The summed E-state index contributed by atoms with van der Waals surface area (Å²) in [7, 11) is 0. The molecule has 0 aliphatic rings. The highest BCUT2D eigenvalue weighted by atomic mass is 16.2. The summed E-state index contributed by atoms with van der Waals surface area (Å²) in [6.07, 6.45) is 1.25. The van der Waals surface area contributed by atoms with Crippen LogP contribution in [-0.4, -0.2) is 9.55 Å². The number of aryl methyl sites for hydroxylation is 1. The molecule has 0 unspecified atom stereocenters. The number of hydrogen-bond donors (Lipinski definition) is 1. The van der Waals surface area contributed by atoms with Crippen LogP contribution in [0.3, 0.4) is 0 Å². The SMILES string of the molecule is Cc1ccccc1-n1cc(C#N)c(=O)[nH]c1=O. The van der Waals surface area contributed by atoms with Crippen molar-refractivity contribution in [2.24, 2.45) is 0 Å². The summed E-state index contributed by atoms with van der Waals surface area (Å²) >= 11 is 0. The highest BCUT2D eigenvalue weighted by Crippen LogP contribution is 2.10. The quantitative estimate of drug-likeness (QED) is 0.779. The smallest absolute Gasteiger partial charge is 0.273 e. The third kappa shape index (κ3) is 1.88. The fourth-order valence-electron chi connectivity index (χ4n) is 1.56. The molecule has 0 amide bonds. The summed E-state index contributed by atoms with van der Waals surface area (Å²) in [5.74, 6) is 0. The van der Waals surface area contributed by atoms with Crippen molar-refractivity contribution in [1.82, 2.24) is 9.55 Å². The molecule has 0 spiro atoms. The Morgan fingerprint density at radius 3 is 2.65 bits per heavy atom. The number of aromatic nitrogens is 2. The number of nitrogens with one attached hydrogen (secondary N) is 1. The lowest BCUT2D eigenvalue weighted by molar-refractivity contribution is 0.883. The van der Waals surface area contributed by atoms with Crippen molar-refractivity contribution in [2.45, 2.75) is 6.92 Å². The fourth-order valence-corrected chi connectivity index (χ4v) is 1.56. The molecule has 2 rings (SSSR count). The van der Waals surface area contributed by atoms with Crippen molar-refractivity contribution < 1.29 is 0 Å². The van der Waals surface area contributed by atoms with E-state index in [2.05, 4.69) is 4.98 Å². The second-order valence-corrected chi connectivity index (χ2v) is 3.57. The molecule has 17 heavy (non-hydrogen) atoms. The number of nitriles is 1. The Kier molecular flexibility index (Phi) is 2.63. The molecule has 1 N–H and O–H groups in total. The summed E-state index contributed by atoms with van der Waals surface area (Å²) in [4.78, 5) is 25.0. The molecule has 0 aliphatic heterocycles. The summed E-state index contributed by atoms with van der Waals surface area (Å²) in [6, 6.07) is 8.97. The standard InChI is InChI=1S/C12H9N3O2/c1-8-4-2-3-5-10(8)15-7-9(6-13)11(16)14-12(15)17/h2-5,7H,1H3,(H,14,16,17). The number of hydrogen-bond acceptors (Lipinski definition) is 3. The molecule has 5 heteroatoms. The van der Waals surface area contributed by atoms with Crippen molar-refractivity contribution >= 4 is 0 Å². The van der Waals surface area contributed by atoms with E-state index in [9.17, 15) is 9.59 Å². The van der Waals surface area contributed by atoms with Gasteiger partial charge in [-0.25, -0.2) is 4.79 Å². The largest absolute Gasteiger partial charge is 0.332 e. The molecule has 0 fully saturated rings. The highest BCUT2D eigenvalue weighted by molar-refractivity contribution is 5.41. The van der Waals surface area contributed by atoms with Gasteiger partial charge in [-0.2, -0.15) is 5.26 Å². The maximum atomic E-state index is 11.7. The van der Waals surface area contributed by atoms with E-state index >= 15 is 0 Å². The minimum atomic E-state index is -0.665. The van der Waals surface area contributed by atoms with E-state index in [-0.39, 0.29) is 5.56 Å². The van der Waals surface area contributed by atoms with Gasteiger partial charge in [0.15, 0.2) is 0 Å². The van der Waals surface area contributed by atoms with E-state index in [0.29, 0.717) is 5.69 Å². The number of nitrogens with zero attached hydrogens (tertiary/aromatic N) is 2. The van der Waals surface area contributed by atoms with Gasteiger partial charge in [-0.05, 0) is 18.6 Å². The molecule has 1 heterocycles. The average molecular weight is 227 g/mol. The van der Waals surface area contributed by atoms with Gasteiger partial charge in [0.05, 0.1) is 5.69 Å². The van der Waals surface area contributed by atoms with Crippen LogP contribution in [0, 0.1) is 18.3 Å². The number of para-hydroxylation sites is 1. The van der Waals surface area contributed by atoms with Gasteiger partial charge in [0.2, 0.25) is 0 Å². The van der Waals surface area contributed by atoms with Crippen molar-refractivity contribution in [1.29, 1.82) is 5.26 Å². The lowest BCUT2D eigenvalue weighted by Gasteiger charge is -2.07. The van der Waals surface area contributed by atoms with E-state index in [1.807, 2.05) is 19.1 Å². The van der Waals surface area contributed by atoms with E-state index < -0.39 is 11.2 Å². The zero-order valence-electron chi connectivity index (χ0n) is 9.10. The molecular weight excluding hydrogens is 218 g/mol. The van der Waals surface area contributed by atoms with Gasteiger partial charge in [0.25, 0.3) is 5.56 Å².